The smallest absolute Gasteiger partial charge is 0.340 e. The summed E-state index contributed by atoms with van der Waals surface area (Å²) >= 11 is 0. The van der Waals surface area contributed by atoms with Crippen molar-refractivity contribution in [2.24, 2.45) is 5.73 Å². The summed E-state index contributed by atoms with van der Waals surface area (Å²) in [5.41, 5.74) is 11.2. The predicted molar refractivity (Wildman–Crippen MR) is 79.7 cm³/mol. The molecule has 1 heterocycles. The van der Waals surface area contributed by atoms with Crippen LogP contribution in [0.25, 0.3) is 11.0 Å². The molecule has 6 N–H and O–H groups in total. The third kappa shape index (κ3) is 4.32. The second kappa shape index (κ2) is 7.23. The lowest BCUT2D eigenvalue weighted by molar-refractivity contribution is -0.136. The highest BCUT2D eigenvalue weighted by Crippen LogP contribution is 2.21. The van der Waals surface area contributed by atoms with E-state index >= 15 is 0 Å². The van der Waals surface area contributed by atoms with Crippen LogP contribution >= 0.6 is 0 Å². The van der Waals surface area contributed by atoms with Crippen molar-refractivity contribution in [1.82, 2.24) is 0 Å². The van der Waals surface area contributed by atoms with Crippen molar-refractivity contribution in [3.05, 3.63) is 39.7 Å². The Morgan fingerprint density at radius 1 is 1.23 bits per heavy atom. The SMILES string of the molecule is Cc1c(CC(=O)O)c(=O)oc2cc(N)ccc12.NCC(=O)O. The number of nitrogen functional groups attached to an aromatic ring is 1. The van der Waals surface area contributed by atoms with Crippen LogP contribution in [-0.2, 0) is 16.0 Å². The molecular weight excluding hydrogens is 292 g/mol. The topological polar surface area (TPSA) is 157 Å². The van der Waals surface area contributed by atoms with E-state index in [1.165, 1.54) is 0 Å². The molecule has 0 bridgehead atoms. The molecule has 0 saturated heterocycles. The number of carbonyl (C=O) groups is 2. The minimum Gasteiger partial charge on any atom is -0.481 e. The normalized spacial score (nSPS) is 9.91. The average Bonchev–Trinajstić information content (AvgIpc) is 2.43. The molecule has 1 aromatic carbocycles. The maximum Gasteiger partial charge on any atom is 0.340 e. The first-order valence-corrected chi connectivity index (χ1v) is 6.21. The first-order valence-electron chi connectivity index (χ1n) is 6.21. The molecule has 0 aliphatic carbocycles. The van der Waals surface area contributed by atoms with Crippen molar-refractivity contribution in [2.45, 2.75) is 13.3 Å². The summed E-state index contributed by atoms with van der Waals surface area (Å²) in [6.45, 7) is 1.42. The van der Waals surface area contributed by atoms with Crippen LogP contribution < -0.4 is 17.1 Å². The fourth-order valence-corrected chi connectivity index (χ4v) is 1.77. The number of aliphatic carboxylic acids is 2. The summed E-state index contributed by atoms with van der Waals surface area (Å²) in [6.07, 6.45) is -0.339. The van der Waals surface area contributed by atoms with E-state index in [-0.39, 0.29) is 18.5 Å². The van der Waals surface area contributed by atoms with E-state index in [0.29, 0.717) is 22.2 Å². The van der Waals surface area contributed by atoms with Gasteiger partial charge in [-0.05, 0) is 24.6 Å². The number of hydrogen-bond acceptors (Lipinski definition) is 6. The Labute approximate surface area is 125 Å². The van der Waals surface area contributed by atoms with Gasteiger partial charge in [0.25, 0.3) is 0 Å². The Balaban J connectivity index is 0.000000422. The molecule has 2 aromatic rings. The lowest BCUT2D eigenvalue weighted by atomic mass is 10.0. The number of carboxylic acids is 2. The van der Waals surface area contributed by atoms with Crippen LogP contribution in [0.1, 0.15) is 11.1 Å². The van der Waals surface area contributed by atoms with E-state index in [9.17, 15) is 14.4 Å². The van der Waals surface area contributed by atoms with Gasteiger partial charge in [0.2, 0.25) is 0 Å². The van der Waals surface area contributed by atoms with Crippen LogP contribution in [0, 0.1) is 6.92 Å². The van der Waals surface area contributed by atoms with E-state index < -0.39 is 17.6 Å². The number of nitrogens with two attached hydrogens (primary N) is 2. The van der Waals surface area contributed by atoms with Gasteiger partial charge in [-0.25, -0.2) is 4.79 Å². The minimum atomic E-state index is -1.06. The van der Waals surface area contributed by atoms with E-state index in [0.717, 1.165) is 0 Å². The number of hydrogen-bond donors (Lipinski definition) is 4. The molecule has 2 rings (SSSR count). The van der Waals surface area contributed by atoms with Crippen molar-refractivity contribution in [3.63, 3.8) is 0 Å². The van der Waals surface area contributed by atoms with Crippen molar-refractivity contribution in [2.75, 3.05) is 12.3 Å². The van der Waals surface area contributed by atoms with Gasteiger partial charge in [-0.15, -0.1) is 0 Å². The first kappa shape index (κ1) is 17.2. The minimum absolute atomic E-state index is 0.176. The molecule has 0 atom stereocenters. The molecule has 0 radical (unpaired) electrons. The molecule has 0 fully saturated rings. The van der Waals surface area contributed by atoms with Gasteiger partial charge in [0.1, 0.15) is 5.58 Å². The zero-order valence-corrected chi connectivity index (χ0v) is 11.8. The van der Waals surface area contributed by atoms with Gasteiger partial charge in [-0.1, -0.05) is 0 Å². The van der Waals surface area contributed by atoms with Gasteiger partial charge in [0.15, 0.2) is 0 Å². The quantitative estimate of drug-likeness (QED) is 0.467. The summed E-state index contributed by atoms with van der Waals surface area (Å²) in [5, 5.41) is 17.0. The Hall–Kier alpha value is -2.87. The van der Waals surface area contributed by atoms with E-state index in [2.05, 4.69) is 5.73 Å². The van der Waals surface area contributed by atoms with Gasteiger partial charge >= 0.3 is 17.6 Å². The number of fused-ring (bicyclic) bond motifs is 1. The van der Waals surface area contributed by atoms with Crippen LogP contribution in [0.5, 0.6) is 0 Å². The fourth-order valence-electron chi connectivity index (χ4n) is 1.77. The zero-order chi connectivity index (χ0) is 16.9. The van der Waals surface area contributed by atoms with Gasteiger partial charge in [0, 0.05) is 17.1 Å². The molecule has 0 aliphatic rings. The molecule has 22 heavy (non-hydrogen) atoms. The van der Waals surface area contributed by atoms with Gasteiger partial charge < -0.3 is 26.1 Å². The number of rotatable bonds is 3. The third-order valence-electron chi connectivity index (χ3n) is 2.81. The van der Waals surface area contributed by atoms with Crippen LogP contribution in [0.3, 0.4) is 0 Å². The summed E-state index contributed by atoms with van der Waals surface area (Å²) < 4.78 is 5.06. The lowest BCUT2D eigenvalue weighted by Crippen LogP contribution is -2.14. The Bertz CT molecular complexity index is 766. The van der Waals surface area contributed by atoms with E-state index in [1.807, 2.05) is 0 Å². The third-order valence-corrected chi connectivity index (χ3v) is 2.81. The Morgan fingerprint density at radius 3 is 2.32 bits per heavy atom. The van der Waals surface area contributed by atoms with E-state index in [1.54, 1.807) is 25.1 Å². The molecular formula is C14H16N2O6. The summed E-state index contributed by atoms with van der Waals surface area (Å²) in [5.74, 6) is -2.03. The van der Waals surface area contributed by atoms with Crippen molar-refractivity contribution < 1.29 is 24.2 Å². The van der Waals surface area contributed by atoms with Gasteiger partial charge in [-0.3, -0.25) is 9.59 Å². The molecule has 8 nitrogen and oxygen atoms in total. The van der Waals surface area contributed by atoms with Gasteiger partial charge in [0.05, 0.1) is 18.5 Å². The summed E-state index contributed by atoms with van der Waals surface area (Å²) in [7, 11) is 0. The second-order valence-corrected chi connectivity index (χ2v) is 4.42. The fraction of sp³-hybridized carbons (Fsp3) is 0.214. The average molecular weight is 308 g/mol. The standard InChI is InChI=1S/C12H11NO4.C2H5NO2/c1-6-8-3-2-7(13)4-10(8)17-12(16)9(6)5-11(14)15;3-1-2(4)5/h2-4H,5,13H2,1H3,(H,14,15);1,3H2,(H,4,5). The summed E-state index contributed by atoms with van der Waals surface area (Å²) in [4.78, 5) is 31.5. The Kier molecular flexibility index (Phi) is 5.65. The van der Waals surface area contributed by atoms with E-state index in [4.69, 9.17) is 20.4 Å². The molecule has 0 aliphatic heterocycles. The largest absolute Gasteiger partial charge is 0.481 e. The van der Waals surface area contributed by atoms with Gasteiger partial charge in [-0.2, -0.15) is 0 Å². The van der Waals surface area contributed by atoms with Crippen molar-refractivity contribution in [3.8, 4) is 0 Å². The van der Waals surface area contributed by atoms with Crippen molar-refractivity contribution in [1.29, 1.82) is 0 Å². The maximum absolute atomic E-state index is 11.6. The highest BCUT2D eigenvalue weighted by molar-refractivity contribution is 5.84. The first-order chi connectivity index (χ1) is 10.3. The number of aryl methyl sites for hydroxylation is 1. The maximum atomic E-state index is 11.6. The molecule has 1 aromatic heterocycles. The molecule has 0 amide bonds. The number of carboxylic acid groups (broad SMARTS) is 2. The lowest BCUT2D eigenvalue weighted by Gasteiger charge is -2.06. The number of anilines is 1. The Morgan fingerprint density at radius 2 is 1.82 bits per heavy atom. The van der Waals surface area contributed by atoms with Crippen LogP contribution in [0.2, 0.25) is 0 Å². The number of benzene rings is 1. The summed E-state index contributed by atoms with van der Waals surface area (Å²) in [6, 6.07) is 4.95. The molecule has 0 unspecified atom stereocenters. The molecule has 118 valence electrons. The van der Waals surface area contributed by atoms with Crippen LogP contribution in [-0.4, -0.2) is 28.7 Å². The highest BCUT2D eigenvalue weighted by Gasteiger charge is 2.14. The van der Waals surface area contributed by atoms with Crippen LogP contribution in [0.4, 0.5) is 5.69 Å². The van der Waals surface area contributed by atoms with Crippen LogP contribution in [0.15, 0.2) is 27.4 Å². The molecule has 0 saturated carbocycles. The predicted octanol–water partition coefficient (Wildman–Crippen LogP) is 0.340. The second-order valence-electron chi connectivity index (χ2n) is 4.42. The zero-order valence-electron chi connectivity index (χ0n) is 11.8. The highest BCUT2D eigenvalue weighted by atomic mass is 16.4. The molecule has 8 heteroatoms. The van der Waals surface area contributed by atoms with Crippen molar-refractivity contribution >= 4 is 28.6 Å². The molecule has 0 spiro atoms. The monoisotopic (exact) mass is 308 g/mol.